The molecule has 1 aliphatic rings. The first kappa shape index (κ1) is 21.5. The molecule has 2 heterocycles. The van der Waals surface area contributed by atoms with Gasteiger partial charge < -0.3 is 15.3 Å². The number of carbonyl (C=O) groups excluding carboxylic acids is 1. The topological polar surface area (TPSA) is 78.4 Å². The van der Waals surface area contributed by atoms with Gasteiger partial charge in [-0.15, -0.1) is 10.2 Å². The van der Waals surface area contributed by atoms with Crippen LogP contribution in [0.4, 0.5) is 10.8 Å². The molecule has 1 atom stereocenters. The van der Waals surface area contributed by atoms with Crippen LogP contribution >= 0.6 is 11.3 Å². The van der Waals surface area contributed by atoms with Gasteiger partial charge in [0, 0.05) is 24.7 Å². The molecule has 0 spiro atoms. The monoisotopic (exact) mass is 436 g/mol. The number of rotatable bonds is 6. The molecule has 2 N–H and O–H groups in total. The SMILES string of the molecule is CC(C)(C(=O)Nc1nncs1)C(c1ccccc1)c1ccc(N2CCC(O)CC2)cc1. The average Bonchev–Trinajstić information content (AvgIpc) is 3.29. The van der Waals surface area contributed by atoms with Crippen molar-refractivity contribution < 1.29 is 9.90 Å². The number of carbonyl (C=O) groups is 1. The zero-order chi connectivity index (χ0) is 21.8. The molecule has 1 fully saturated rings. The van der Waals surface area contributed by atoms with Gasteiger partial charge >= 0.3 is 0 Å². The molecule has 0 saturated carbocycles. The normalized spacial score (nSPS) is 16.2. The molecule has 0 radical (unpaired) electrons. The third-order valence-electron chi connectivity index (χ3n) is 6.08. The lowest BCUT2D eigenvalue weighted by Crippen LogP contribution is -2.37. The van der Waals surface area contributed by atoms with Crippen molar-refractivity contribution in [3.8, 4) is 0 Å². The van der Waals surface area contributed by atoms with Crippen molar-refractivity contribution in [2.45, 2.75) is 38.7 Å². The molecule has 1 aromatic heterocycles. The van der Waals surface area contributed by atoms with Crippen LogP contribution in [0.25, 0.3) is 0 Å². The predicted octanol–water partition coefficient (Wildman–Crippen LogP) is 4.30. The van der Waals surface area contributed by atoms with Crippen LogP contribution in [0.15, 0.2) is 60.1 Å². The second-order valence-corrected chi connectivity index (χ2v) is 9.41. The fraction of sp³-hybridized carbons (Fsp3) is 0.375. The van der Waals surface area contributed by atoms with Crippen LogP contribution in [0.2, 0.25) is 0 Å². The number of benzene rings is 2. The number of hydrogen-bond donors (Lipinski definition) is 2. The predicted molar refractivity (Wildman–Crippen MR) is 125 cm³/mol. The summed E-state index contributed by atoms with van der Waals surface area (Å²) in [5.74, 6) is -0.217. The Morgan fingerprint density at radius 3 is 2.35 bits per heavy atom. The fourth-order valence-corrected chi connectivity index (χ4v) is 4.73. The van der Waals surface area contributed by atoms with E-state index in [9.17, 15) is 9.90 Å². The van der Waals surface area contributed by atoms with E-state index in [1.807, 2.05) is 32.0 Å². The lowest BCUT2D eigenvalue weighted by atomic mass is 9.70. The minimum absolute atomic E-state index is 0.0906. The Labute approximate surface area is 187 Å². The molecule has 1 unspecified atom stereocenters. The number of aliphatic hydroxyl groups is 1. The van der Waals surface area contributed by atoms with E-state index in [1.165, 1.54) is 11.3 Å². The van der Waals surface area contributed by atoms with Crippen LogP contribution in [0.1, 0.15) is 43.7 Å². The van der Waals surface area contributed by atoms with Gasteiger partial charge in [0.2, 0.25) is 11.0 Å². The Balaban J connectivity index is 1.63. The van der Waals surface area contributed by atoms with Gasteiger partial charge in [-0.1, -0.05) is 67.6 Å². The van der Waals surface area contributed by atoms with Gasteiger partial charge in [0.25, 0.3) is 0 Å². The van der Waals surface area contributed by atoms with E-state index >= 15 is 0 Å². The molecule has 0 bridgehead atoms. The van der Waals surface area contributed by atoms with E-state index < -0.39 is 5.41 Å². The molecule has 1 saturated heterocycles. The van der Waals surface area contributed by atoms with Crippen LogP contribution < -0.4 is 10.2 Å². The summed E-state index contributed by atoms with van der Waals surface area (Å²) in [5.41, 5.74) is 4.22. The maximum atomic E-state index is 13.3. The van der Waals surface area contributed by atoms with Crippen LogP contribution in [0.3, 0.4) is 0 Å². The molecule has 162 valence electrons. The zero-order valence-electron chi connectivity index (χ0n) is 17.9. The van der Waals surface area contributed by atoms with Crippen molar-refractivity contribution in [1.29, 1.82) is 0 Å². The van der Waals surface area contributed by atoms with E-state index in [1.54, 1.807) is 5.51 Å². The minimum Gasteiger partial charge on any atom is -0.393 e. The fourth-order valence-electron chi connectivity index (χ4n) is 4.29. The van der Waals surface area contributed by atoms with E-state index in [-0.39, 0.29) is 17.9 Å². The number of amides is 1. The van der Waals surface area contributed by atoms with Crippen LogP contribution in [0.5, 0.6) is 0 Å². The van der Waals surface area contributed by atoms with Crippen molar-refractivity contribution >= 4 is 28.1 Å². The van der Waals surface area contributed by atoms with Crippen LogP contribution in [0, 0.1) is 5.41 Å². The van der Waals surface area contributed by atoms with Crippen molar-refractivity contribution in [2.75, 3.05) is 23.3 Å². The number of nitrogens with zero attached hydrogens (tertiary/aromatic N) is 3. The standard InChI is InChI=1S/C24H28N4O2S/c1-24(2,22(30)26-23-27-25-16-31-23)21(17-6-4-3-5-7-17)18-8-10-19(11-9-18)28-14-12-20(29)13-15-28/h3-11,16,20-21,29H,12-15H2,1-2H3,(H,26,27,30). The van der Waals surface area contributed by atoms with Gasteiger partial charge in [0.1, 0.15) is 5.51 Å². The number of anilines is 2. The second kappa shape index (κ2) is 9.16. The summed E-state index contributed by atoms with van der Waals surface area (Å²) in [4.78, 5) is 15.6. The van der Waals surface area contributed by atoms with E-state index in [2.05, 4.69) is 56.8 Å². The van der Waals surface area contributed by atoms with E-state index in [0.29, 0.717) is 5.13 Å². The average molecular weight is 437 g/mol. The van der Waals surface area contributed by atoms with Crippen molar-refractivity contribution in [3.63, 3.8) is 0 Å². The summed E-state index contributed by atoms with van der Waals surface area (Å²) in [6, 6.07) is 18.7. The van der Waals surface area contributed by atoms with Crippen LogP contribution in [-0.4, -0.2) is 40.4 Å². The molecule has 0 aliphatic carbocycles. The smallest absolute Gasteiger partial charge is 0.232 e. The Hall–Kier alpha value is -2.77. The number of aliphatic hydroxyl groups excluding tert-OH is 1. The maximum absolute atomic E-state index is 13.3. The Bertz CT molecular complexity index is 982. The van der Waals surface area contributed by atoms with Gasteiger partial charge in [-0.3, -0.25) is 4.79 Å². The Kier molecular flexibility index (Phi) is 6.34. The molecule has 7 heteroatoms. The molecule has 6 nitrogen and oxygen atoms in total. The summed E-state index contributed by atoms with van der Waals surface area (Å²) in [7, 11) is 0. The first-order valence-corrected chi connectivity index (χ1v) is 11.5. The molecule has 2 aromatic carbocycles. The van der Waals surface area contributed by atoms with E-state index in [0.717, 1.165) is 42.7 Å². The molecule has 1 amide bonds. The first-order valence-electron chi connectivity index (χ1n) is 10.6. The van der Waals surface area contributed by atoms with Crippen molar-refractivity contribution in [2.24, 2.45) is 5.41 Å². The first-order chi connectivity index (χ1) is 14.9. The highest BCUT2D eigenvalue weighted by atomic mass is 32.1. The third-order valence-corrected chi connectivity index (χ3v) is 6.68. The molecular weight excluding hydrogens is 408 g/mol. The number of hydrogen-bond acceptors (Lipinski definition) is 6. The molecule has 31 heavy (non-hydrogen) atoms. The van der Waals surface area contributed by atoms with Crippen molar-refractivity contribution in [3.05, 3.63) is 71.2 Å². The quantitative estimate of drug-likeness (QED) is 0.602. The number of aromatic nitrogens is 2. The van der Waals surface area contributed by atoms with Gasteiger partial charge in [-0.05, 0) is 36.1 Å². The summed E-state index contributed by atoms with van der Waals surface area (Å²) in [6.45, 7) is 5.67. The minimum atomic E-state index is -0.718. The number of piperidine rings is 1. The Morgan fingerprint density at radius 1 is 1.10 bits per heavy atom. The summed E-state index contributed by atoms with van der Waals surface area (Å²) in [6.07, 6.45) is 1.41. The zero-order valence-corrected chi connectivity index (χ0v) is 18.7. The lowest BCUT2D eigenvalue weighted by Gasteiger charge is -2.35. The van der Waals surface area contributed by atoms with Gasteiger partial charge in [-0.2, -0.15) is 0 Å². The van der Waals surface area contributed by atoms with Crippen molar-refractivity contribution in [1.82, 2.24) is 10.2 Å². The highest BCUT2D eigenvalue weighted by Gasteiger charge is 2.39. The van der Waals surface area contributed by atoms with Gasteiger partial charge in [0.15, 0.2) is 0 Å². The summed E-state index contributed by atoms with van der Waals surface area (Å²) in [5, 5.41) is 21.0. The second-order valence-electron chi connectivity index (χ2n) is 8.57. The molecule has 3 aromatic rings. The third kappa shape index (κ3) is 4.78. The van der Waals surface area contributed by atoms with Gasteiger partial charge in [0.05, 0.1) is 11.5 Å². The van der Waals surface area contributed by atoms with E-state index in [4.69, 9.17) is 0 Å². The molecule has 1 aliphatic heterocycles. The summed E-state index contributed by atoms with van der Waals surface area (Å²) < 4.78 is 0. The van der Waals surface area contributed by atoms with Gasteiger partial charge in [-0.25, -0.2) is 0 Å². The Morgan fingerprint density at radius 2 is 1.74 bits per heavy atom. The number of nitrogens with one attached hydrogen (secondary N) is 1. The highest BCUT2D eigenvalue weighted by molar-refractivity contribution is 7.13. The lowest BCUT2D eigenvalue weighted by molar-refractivity contribution is -0.124. The highest BCUT2D eigenvalue weighted by Crippen LogP contribution is 2.42. The molecular formula is C24H28N4O2S. The largest absolute Gasteiger partial charge is 0.393 e. The summed E-state index contributed by atoms with van der Waals surface area (Å²) >= 11 is 1.31. The maximum Gasteiger partial charge on any atom is 0.232 e. The molecule has 4 rings (SSSR count). The van der Waals surface area contributed by atoms with Crippen LogP contribution in [-0.2, 0) is 4.79 Å².